The predicted molar refractivity (Wildman–Crippen MR) is 132 cm³/mol. The van der Waals surface area contributed by atoms with Crippen LogP contribution in [-0.2, 0) is 23.2 Å². The first-order chi connectivity index (χ1) is 16.7. The maximum atomic E-state index is 6.96. The maximum Gasteiger partial charge on any atom is 0.165 e. The van der Waals surface area contributed by atoms with E-state index >= 15 is 0 Å². The number of hydrogen-bond donors (Lipinski definition) is 0. The lowest BCUT2D eigenvalue weighted by molar-refractivity contribution is -0.210. The van der Waals surface area contributed by atoms with Gasteiger partial charge in [-0.3, -0.25) is 4.90 Å². The van der Waals surface area contributed by atoms with Crippen molar-refractivity contribution >= 4 is 0 Å². The molecule has 2 heterocycles. The van der Waals surface area contributed by atoms with Gasteiger partial charge < -0.3 is 14.2 Å². The van der Waals surface area contributed by atoms with E-state index in [1.807, 2.05) is 12.1 Å². The molecule has 2 bridgehead atoms. The van der Waals surface area contributed by atoms with Gasteiger partial charge in [-0.05, 0) is 74.6 Å². The summed E-state index contributed by atoms with van der Waals surface area (Å²) in [4.78, 5) is 2.79. The van der Waals surface area contributed by atoms with E-state index in [2.05, 4.69) is 47.9 Å². The number of ether oxygens (including phenoxy) is 3. The molecule has 0 aromatic heterocycles. The third kappa shape index (κ3) is 2.91. The summed E-state index contributed by atoms with van der Waals surface area (Å²) in [5, 5.41) is 0. The fourth-order valence-corrected chi connectivity index (χ4v) is 7.79. The fourth-order valence-electron chi connectivity index (χ4n) is 7.79. The Labute approximate surface area is 202 Å². The minimum absolute atomic E-state index is 0.0754. The molecule has 3 aliphatic carbocycles. The van der Waals surface area contributed by atoms with E-state index in [0.717, 1.165) is 56.1 Å². The van der Waals surface area contributed by atoms with Crippen LogP contribution in [0.5, 0.6) is 11.5 Å². The lowest BCUT2D eigenvalue weighted by atomic mass is 9.49. The Hall–Kier alpha value is -2.30. The van der Waals surface area contributed by atoms with Crippen LogP contribution in [0, 0.1) is 5.92 Å². The lowest BCUT2D eigenvalue weighted by Gasteiger charge is -2.65. The Morgan fingerprint density at radius 1 is 1.09 bits per heavy atom. The molecule has 34 heavy (non-hydrogen) atoms. The summed E-state index contributed by atoms with van der Waals surface area (Å²) in [6.07, 6.45) is 10.4. The topological polar surface area (TPSA) is 30.9 Å². The number of rotatable bonds is 8. The highest BCUT2D eigenvalue weighted by Gasteiger charge is 2.72. The van der Waals surface area contributed by atoms with E-state index < -0.39 is 0 Å². The highest BCUT2D eigenvalue weighted by Crippen LogP contribution is 2.66. The molecule has 0 radical (unpaired) electrons. The minimum atomic E-state index is -0.201. The molecular formula is C30H35NO3. The standard InChI is InChI=1S/C30H35NO3/c1-2-17-33-30-14-6-9-26-29(30)15-16-31(19-21-10-11-21)25(30)18-23-12-13-24(28(34-26)27(23)29)32-20-22-7-4-3-5-8-22/h2-5,7-8,12-13,21,25-26H,1,6,9-11,14-20H2/t25-,26+,29-,30?/m1/s1. The SMILES string of the molecule is C=CCOC12CCC[C@@H]3Oc4c(OCc5ccccc5)ccc5c4[C@@]31CCN(CC1CC1)[C@@H]2C5. The van der Waals surface area contributed by atoms with Crippen LogP contribution in [0.2, 0.25) is 0 Å². The van der Waals surface area contributed by atoms with Gasteiger partial charge in [0.15, 0.2) is 11.5 Å². The number of benzene rings is 2. The zero-order valence-corrected chi connectivity index (χ0v) is 20.0. The van der Waals surface area contributed by atoms with Crippen molar-refractivity contribution in [2.24, 2.45) is 5.92 Å². The van der Waals surface area contributed by atoms with Gasteiger partial charge in [-0.25, -0.2) is 0 Å². The van der Waals surface area contributed by atoms with Crippen molar-refractivity contribution in [1.29, 1.82) is 0 Å². The van der Waals surface area contributed by atoms with E-state index in [4.69, 9.17) is 14.2 Å². The molecule has 5 aliphatic rings. The number of piperidine rings is 1. The molecule has 2 saturated carbocycles. The first-order valence-corrected chi connectivity index (χ1v) is 13.2. The molecule has 4 nitrogen and oxygen atoms in total. The van der Waals surface area contributed by atoms with Gasteiger partial charge in [0.25, 0.3) is 0 Å². The second-order valence-electron chi connectivity index (χ2n) is 11.1. The average molecular weight is 458 g/mol. The van der Waals surface area contributed by atoms with Crippen LogP contribution in [0.4, 0.5) is 0 Å². The number of likely N-dealkylation sites (tertiary alicyclic amines) is 1. The van der Waals surface area contributed by atoms with Gasteiger partial charge in [0.05, 0.1) is 17.6 Å². The highest BCUT2D eigenvalue weighted by molar-refractivity contribution is 5.62. The Kier molecular flexibility index (Phi) is 4.86. The first-order valence-electron chi connectivity index (χ1n) is 13.2. The van der Waals surface area contributed by atoms with E-state index in [1.165, 1.54) is 36.1 Å². The van der Waals surface area contributed by atoms with Crippen LogP contribution >= 0.6 is 0 Å². The minimum Gasteiger partial charge on any atom is -0.485 e. The molecule has 1 saturated heterocycles. The second-order valence-corrected chi connectivity index (χ2v) is 11.1. The summed E-state index contributed by atoms with van der Waals surface area (Å²) >= 11 is 0. The third-order valence-corrected chi connectivity index (χ3v) is 9.30. The normalized spacial score (nSPS) is 33.2. The molecule has 1 spiro atoms. The molecule has 4 atom stereocenters. The van der Waals surface area contributed by atoms with Gasteiger partial charge in [-0.2, -0.15) is 0 Å². The average Bonchev–Trinajstić information content (AvgIpc) is 3.62. The quantitative estimate of drug-likeness (QED) is 0.495. The molecule has 2 aromatic rings. The molecule has 0 N–H and O–H groups in total. The van der Waals surface area contributed by atoms with Gasteiger partial charge in [0.2, 0.25) is 0 Å². The molecule has 3 fully saturated rings. The lowest BCUT2D eigenvalue weighted by Crippen LogP contribution is -2.76. The largest absolute Gasteiger partial charge is 0.485 e. The van der Waals surface area contributed by atoms with Crippen LogP contribution in [0.25, 0.3) is 0 Å². The first kappa shape index (κ1) is 21.0. The summed E-state index contributed by atoms with van der Waals surface area (Å²) in [7, 11) is 0. The van der Waals surface area contributed by atoms with Crippen LogP contribution < -0.4 is 9.47 Å². The van der Waals surface area contributed by atoms with Crippen molar-refractivity contribution < 1.29 is 14.2 Å². The monoisotopic (exact) mass is 457 g/mol. The van der Waals surface area contributed by atoms with E-state index in [9.17, 15) is 0 Å². The highest BCUT2D eigenvalue weighted by atomic mass is 16.5. The van der Waals surface area contributed by atoms with Crippen LogP contribution in [0.15, 0.2) is 55.1 Å². The summed E-state index contributed by atoms with van der Waals surface area (Å²) in [6, 6.07) is 15.3. The Balaban J connectivity index is 1.32. The van der Waals surface area contributed by atoms with Gasteiger partial charge in [-0.1, -0.05) is 42.5 Å². The second kappa shape index (κ2) is 7.86. The maximum absolute atomic E-state index is 6.96. The van der Waals surface area contributed by atoms with Crippen LogP contribution in [-0.4, -0.2) is 42.3 Å². The predicted octanol–water partition coefficient (Wildman–Crippen LogP) is 5.43. The van der Waals surface area contributed by atoms with E-state index in [1.54, 1.807) is 0 Å². The Morgan fingerprint density at radius 2 is 1.97 bits per heavy atom. The molecule has 4 heteroatoms. The van der Waals surface area contributed by atoms with Crippen molar-refractivity contribution in [2.75, 3.05) is 19.7 Å². The molecule has 178 valence electrons. The van der Waals surface area contributed by atoms with Crippen molar-refractivity contribution in [1.82, 2.24) is 4.90 Å². The van der Waals surface area contributed by atoms with Gasteiger partial charge in [0, 0.05) is 18.2 Å². The summed E-state index contributed by atoms with van der Waals surface area (Å²) < 4.78 is 20.2. The van der Waals surface area contributed by atoms with E-state index in [-0.39, 0.29) is 17.1 Å². The Morgan fingerprint density at radius 3 is 2.79 bits per heavy atom. The summed E-state index contributed by atoms with van der Waals surface area (Å²) in [6.45, 7) is 7.54. The number of nitrogens with zero attached hydrogens (tertiary/aromatic N) is 1. The molecular weight excluding hydrogens is 422 g/mol. The molecule has 1 unspecified atom stereocenters. The van der Waals surface area contributed by atoms with Gasteiger partial charge >= 0.3 is 0 Å². The van der Waals surface area contributed by atoms with E-state index in [0.29, 0.717) is 19.3 Å². The molecule has 2 aromatic carbocycles. The van der Waals surface area contributed by atoms with Crippen molar-refractivity contribution in [3.63, 3.8) is 0 Å². The Bertz CT molecular complexity index is 1100. The van der Waals surface area contributed by atoms with Gasteiger partial charge in [-0.15, -0.1) is 6.58 Å². The van der Waals surface area contributed by atoms with Crippen molar-refractivity contribution in [3.8, 4) is 11.5 Å². The van der Waals surface area contributed by atoms with Gasteiger partial charge in [0.1, 0.15) is 12.7 Å². The number of hydrogen-bond acceptors (Lipinski definition) is 4. The van der Waals surface area contributed by atoms with Crippen LogP contribution in [0.1, 0.15) is 55.2 Å². The van der Waals surface area contributed by atoms with Crippen molar-refractivity contribution in [3.05, 3.63) is 71.8 Å². The summed E-state index contributed by atoms with van der Waals surface area (Å²) in [5.74, 6) is 2.78. The van der Waals surface area contributed by atoms with Crippen molar-refractivity contribution in [2.45, 2.75) is 74.7 Å². The summed E-state index contributed by atoms with van der Waals surface area (Å²) in [5.41, 5.74) is 3.77. The zero-order chi connectivity index (χ0) is 22.8. The zero-order valence-electron chi connectivity index (χ0n) is 20.0. The molecule has 2 aliphatic heterocycles. The molecule has 7 rings (SSSR count). The smallest absolute Gasteiger partial charge is 0.165 e. The third-order valence-electron chi connectivity index (χ3n) is 9.30. The van der Waals surface area contributed by atoms with Crippen LogP contribution in [0.3, 0.4) is 0 Å². The fraction of sp³-hybridized carbons (Fsp3) is 0.533. The molecule has 0 amide bonds.